The number of nitrogens with zero attached hydrogens (tertiary/aromatic N) is 7. The summed E-state index contributed by atoms with van der Waals surface area (Å²) in [6.45, 7) is 1.74. The Hall–Kier alpha value is -3.89. The van der Waals surface area contributed by atoms with Gasteiger partial charge in [0.1, 0.15) is 17.4 Å². The number of aromatic nitrogens is 6. The number of aryl methyl sites for hydroxylation is 1. The summed E-state index contributed by atoms with van der Waals surface area (Å²) in [4.78, 5) is 31.7. The molecule has 11 nitrogen and oxygen atoms in total. The number of nitro groups is 1. The second kappa shape index (κ2) is 5.88. The number of nitro benzene ring substituents is 1. The number of para-hydroxylation sites is 2. The average molecular weight is 353 g/mol. The van der Waals surface area contributed by atoms with E-state index in [1.807, 2.05) is 0 Å². The number of hydrogen-bond acceptors (Lipinski definition) is 8. The van der Waals surface area contributed by atoms with Crippen molar-refractivity contribution in [2.45, 2.75) is 13.5 Å². The fourth-order valence-electron chi connectivity index (χ4n) is 2.59. The van der Waals surface area contributed by atoms with E-state index in [-0.39, 0.29) is 34.5 Å². The van der Waals surface area contributed by atoms with Crippen LogP contribution in [-0.4, -0.2) is 34.4 Å². The van der Waals surface area contributed by atoms with Gasteiger partial charge in [0, 0.05) is 13.0 Å². The average Bonchev–Trinajstić information content (AvgIpc) is 3.24. The van der Waals surface area contributed by atoms with Crippen molar-refractivity contribution in [3.8, 4) is 5.69 Å². The number of rotatable bonds is 4. The number of fused-ring (bicyclic) bond motifs is 1. The van der Waals surface area contributed by atoms with Crippen molar-refractivity contribution in [2.75, 3.05) is 0 Å². The van der Waals surface area contributed by atoms with Crippen LogP contribution in [0.25, 0.3) is 16.7 Å². The van der Waals surface area contributed by atoms with E-state index in [9.17, 15) is 14.9 Å². The van der Waals surface area contributed by atoms with Crippen molar-refractivity contribution in [3.05, 3.63) is 69.0 Å². The van der Waals surface area contributed by atoms with E-state index in [1.54, 1.807) is 25.1 Å². The van der Waals surface area contributed by atoms with Gasteiger partial charge in [-0.3, -0.25) is 19.5 Å². The highest BCUT2D eigenvalue weighted by molar-refractivity contribution is 5.76. The summed E-state index contributed by atoms with van der Waals surface area (Å²) in [5.41, 5.74) is -0.0381. The lowest BCUT2D eigenvalue weighted by Gasteiger charge is -2.05. The second-order valence-corrected chi connectivity index (χ2v) is 5.45. The van der Waals surface area contributed by atoms with E-state index in [1.165, 1.54) is 27.8 Å². The van der Waals surface area contributed by atoms with E-state index in [0.717, 1.165) is 0 Å². The van der Waals surface area contributed by atoms with Crippen LogP contribution in [0.3, 0.4) is 0 Å². The van der Waals surface area contributed by atoms with Crippen LogP contribution in [0.2, 0.25) is 0 Å². The van der Waals surface area contributed by atoms with Crippen LogP contribution in [0, 0.1) is 17.0 Å². The quantitative estimate of drug-likeness (QED) is 0.395. The minimum atomic E-state index is -0.511. The van der Waals surface area contributed by atoms with Gasteiger partial charge in [-0.15, -0.1) is 0 Å². The summed E-state index contributed by atoms with van der Waals surface area (Å²) < 4.78 is 7.48. The van der Waals surface area contributed by atoms with Crippen molar-refractivity contribution >= 4 is 16.7 Å². The van der Waals surface area contributed by atoms with E-state index in [0.29, 0.717) is 11.7 Å². The van der Waals surface area contributed by atoms with Gasteiger partial charge in [-0.05, 0) is 6.07 Å². The Kier molecular flexibility index (Phi) is 3.53. The van der Waals surface area contributed by atoms with E-state index in [4.69, 9.17) is 4.52 Å². The van der Waals surface area contributed by atoms with Gasteiger partial charge >= 0.3 is 0 Å². The maximum Gasteiger partial charge on any atom is 0.294 e. The van der Waals surface area contributed by atoms with Crippen LogP contribution in [-0.2, 0) is 6.54 Å². The molecule has 26 heavy (non-hydrogen) atoms. The fourth-order valence-corrected chi connectivity index (χ4v) is 2.59. The summed E-state index contributed by atoms with van der Waals surface area (Å²) >= 11 is 0. The molecule has 0 fully saturated rings. The van der Waals surface area contributed by atoms with Crippen molar-refractivity contribution in [2.24, 2.45) is 0 Å². The van der Waals surface area contributed by atoms with E-state index in [2.05, 4.69) is 20.2 Å². The summed E-state index contributed by atoms with van der Waals surface area (Å²) in [5.74, 6) is 0.739. The third-order valence-corrected chi connectivity index (χ3v) is 3.74. The predicted octanol–water partition coefficient (Wildman–Crippen LogP) is 1.23. The Bertz CT molecular complexity index is 1190. The summed E-state index contributed by atoms with van der Waals surface area (Å²) in [6.07, 6.45) is 2.66. The van der Waals surface area contributed by atoms with Gasteiger partial charge in [0.25, 0.3) is 11.2 Å². The first-order chi connectivity index (χ1) is 12.5. The van der Waals surface area contributed by atoms with Crippen molar-refractivity contribution < 1.29 is 9.45 Å². The second-order valence-electron chi connectivity index (χ2n) is 5.45. The van der Waals surface area contributed by atoms with Gasteiger partial charge in [0.15, 0.2) is 11.5 Å². The molecule has 11 heteroatoms. The molecule has 0 saturated heterocycles. The lowest BCUT2D eigenvalue weighted by molar-refractivity contribution is -0.384. The van der Waals surface area contributed by atoms with E-state index >= 15 is 0 Å². The normalized spacial score (nSPS) is 11.1. The molecular weight excluding hydrogens is 342 g/mol. The van der Waals surface area contributed by atoms with Crippen LogP contribution < -0.4 is 5.56 Å². The molecule has 4 rings (SSSR count). The van der Waals surface area contributed by atoms with Crippen molar-refractivity contribution in [1.29, 1.82) is 0 Å². The van der Waals surface area contributed by atoms with Gasteiger partial charge < -0.3 is 4.52 Å². The zero-order valence-corrected chi connectivity index (χ0v) is 13.4. The molecule has 0 bridgehead atoms. The monoisotopic (exact) mass is 353 g/mol. The van der Waals surface area contributed by atoms with Gasteiger partial charge in [-0.1, -0.05) is 17.3 Å². The molecule has 130 valence electrons. The predicted molar refractivity (Wildman–Crippen MR) is 87.9 cm³/mol. The lowest BCUT2D eigenvalue weighted by atomic mass is 10.2. The summed E-state index contributed by atoms with van der Waals surface area (Å²) in [6, 6.07) is 6.11. The highest BCUT2D eigenvalue weighted by Gasteiger charge is 2.19. The highest BCUT2D eigenvalue weighted by Crippen LogP contribution is 2.23. The summed E-state index contributed by atoms with van der Waals surface area (Å²) in [5, 5.41) is 19.3. The Morgan fingerprint density at radius 2 is 2.12 bits per heavy atom. The molecule has 0 N–H and O–H groups in total. The Morgan fingerprint density at radius 1 is 1.31 bits per heavy atom. The van der Waals surface area contributed by atoms with Crippen LogP contribution in [0.5, 0.6) is 0 Å². The molecule has 4 aromatic rings. The summed E-state index contributed by atoms with van der Waals surface area (Å²) in [7, 11) is 0. The first kappa shape index (κ1) is 15.6. The largest absolute Gasteiger partial charge is 0.340 e. The zero-order chi connectivity index (χ0) is 18.3. The maximum atomic E-state index is 12.7. The molecule has 0 saturated carbocycles. The first-order valence-electron chi connectivity index (χ1n) is 7.51. The Morgan fingerprint density at radius 3 is 2.85 bits per heavy atom. The lowest BCUT2D eigenvalue weighted by Crippen LogP contribution is -2.21. The molecule has 0 aliphatic heterocycles. The van der Waals surface area contributed by atoms with E-state index < -0.39 is 4.92 Å². The van der Waals surface area contributed by atoms with Crippen LogP contribution in [0.1, 0.15) is 11.7 Å². The molecule has 0 radical (unpaired) electrons. The highest BCUT2D eigenvalue weighted by atomic mass is 16.6. The minimum absolute atomic E-state index is 0.0930. The van der Waals surface area contributed by atoms with Crippen LogP contribution in [0.15, 0.2) is 46.1 Å². The molecule has 0 spiro atoms. The fraction of sp³-hybridized carbons (Fsp3) is 0.133. The molecule has 0 atom stereocenters. The first-order valence-corrected chi connectivity index (χ1v) is 7.51. The minimum Gasteiger partial charge on any atom is -0.340 e. The molecule has 1 aromatic carbocycles. The van der Waals surface area contributed by atoms with Crippen molar-refractivity contribution in [1.82, 2.24) is 29.5 Å². The van der Waals surface area contributed by atoms with Crippen LogP contribution >= 0.6 is 0 Å². The third kappa shape index (κ3) is 2.51. The molecular formula is C15H11N7O4. The molecule has 0 amide bonds. The zero-order valence-electron chi connectivity index (χ0n) is 13.4. The molecule has 3 heterocycles. The standard InChI is InChI=1S/C15H11N7O4/c1-9-18-13(19-26-9)7-20-8-16-14-10(15(20)23)6-17-21(14)11-4-2-3-5-12(11)22(24)25/h2-6,8H,7H2,1H3. The van der Waals surface area contributed by atoms with Gasteiger partial charge in [-0.25, -0.2) is 9.67 Å². The molecule has 0 aliphatic rings. The topological polar surface area (TPSA) is 135 Å². The third-order valence-electron chi connectivity index (χ3n) is 3.74. The maximum absolute atomic E-state index is 12.7. The molecule has 0 aliphatic carbocycles. The number of benzene rings is 1. The molecule has 3 aromatic heterocycles. The number of hydrogen-bond donors (Lipinski definition) is 0. The van der Waals surface area contributed by atoms with Gasteiger partial charge in [0.05, 0.1) is 17.7 Å². The van der Waals surface area contributed by atoms with Crippen LogP contribution in [0.4, 0.5) is 5.69 Å². The molecule has 0 unspecified atom stereocenters. The van der Waals surface area contributed by atoms with Gasteiger partial charge in [-0.2, -0.15) is 10.1 Å². The van der Waals surface area contributed by atoms with Crippen molar-refractivity contribution in [3.63, 3.8) is 0 Å². The SMILES string of the molecule is Cc1nc(Cn2cnc3c(cnn3-c3ccccc3[N+](=O)[O-])c2=O)no1. The Balaban J connectivity index is 1.82. The smallest absolute Gasteiger partial charge is 0.294 e. The Labute approximate surface area is 144 Å². The van der Waals surface area contributed by atoms with Gasteiger partial charge in [0.2, 0.25) is 5.89 Å².